The largest absolute Gasteiger partial charge is 0.378 e. The van der Waals surface area contributed by atoms with E-state index in [1.165, 1.54) is 6.92 Å². The van der Waals surface area contributed by atoms with Crippen LogP contribution in [0.25, 0.3) is 0 Å². The highest BCUT2D eigenvalue weighted by atomic mass is 16.5. The summed E-state index contributed by atoms with van der Waals surface area (Å²) in [6.45, 7) is 3.17. The average molecular weight is 143 g/mol. The van der Waals surface area contributed by atoms with Crippen molar-refractivity contribution < 1.29 is 9.53 Å². The lowest BCUT2D eigenvalue weighted by Crippen LogP contribution is -2.32. The summed E-state index contributed by atoms with van der Waals surface area (Å²) in [5.74, 6) is 0.0410. The van der Waals surface area contributed by atoms with E-state index >= 15 is 0 Å². The van der Waals surface area contributed by atoms with Crippen LogP contribution in [0, 0.1) is 0 Å². The lowest BCUT2D eigenvalue weighted by Gasteiger charge is -2.26. The maximum absolute atomic E-state index is 10.4. The number of amides is 1. The Bertz CT molecular complexity index is 121. The van der Waals surface area contributed by atoms with Crippen molar-refractivity contribution >= 4 is 5.91 Å². The highest BCUT2D eigenvalue weighted by molar-refractivity contribution is 5.72. The summed E-state index contributed by atoms with van der Waals surface area (Å²) in [7, 11) is 0. The number of nitrogens with one attached hydrogen (secondary N) is 1. The number of ether oxygens (including phenoxy) is 1. The second-order valence-corrected chi connectivity index (χ2v) is 2.55. The van der Waals surface area contributed by atoms with Crippen LogP contribution in [0.5, 0.6) is 0 Å². The van der Waals surface area contributed by atoms with Gasteiger partial charge in [0.1, 0.15) is 0 Å². The van der Waals surface area contributed by atoms with Crippen LogP contribution < -0.4 is 5.32 Å². The summed E-state index contributed by atoms with van der Waals surface area (Å²) < 4.78 is 5.16. The predicted octanol–water partition coefficient (Wildman–Crippen LogP) is 0.301. The molecule has 1 N–H and O–H groups in total. The Hall–Kier alpha value is -0.570. The Morgan fingerprint density at radius 1 is 1.80 bits per heavy atom. The van der Waals surface area contributed by atoms with Gasteiger partial charge in [-0.1, -0.05) is 0 Å². The molecule has 1 amide bonds. The monoisotopic (exact) mass is 143 g/mol. The van der Waals surface area contributed by atoms with Crippen molar-refractivity contribution in [3.8, 4) is 0 Å². The van der Waals surface area contributed by atoms with Gasteiger partial charge < -0.3 is 10.1 Å². The zero-order valence-corrected chi connectivity index (χ0v) is 6.22. The van der Waals surface area contributed by atoms with E-state index in [4.69, 9.17) is 4.74 Å². The van der Waals surface area contributed by atoms with Crippen molar-refractivity contribution in [3.05, 3.63) is 0 Å². The first kappa shape index (κ1) is 7.54. The molecule has 0 aromatic rings. The third-order valence-electron chi connectivity index (χ3n) is 1.63. The highest BCUT2D eigenvalue weighted by Gasteiger charge is 2.16. The third kappa shape index (κ3) is 2.35. The minimum absolute atomic E-state index is 0.0410. The molecule has 1 unspecified atom stereocenters. The lowest BCUT2D eigenvalue weighted by molar-refractivity contribution is -0.119. The van der Waals surface area contributed by atoms with Crippen LogP contribution in [0.15, 0.2) is 0 Å². The zero-order chi connectivity index (χ0) is 7.40. The third-order valence-corrected chi connectivity index (χ3v) is 1.63. The first-order valence-electron chi connectivity index (χ1n) is 3.65. The minimum atomic E-state index is 0.0410. The van der Waals surface area contributed by atoms with Gasteiger partial charge in [-0.2, -0.15) is 0 Å². The molecule has 0 saturated carbocycles. The Kier molecular flexibility index (Phi) is 2.68. The number of rotatable bonds is 3. The van der Waals surface area contributed by atoms with Crippen molar-refractivity contribution in [2.45, 2.75) is 25.9 Å². The van der Waals surface area contributed by atoms with Crippen LogP contribution in [0.3, 0.4) is 0 Å². The van der Waals surface area contributed by atoms with Crippen molar-refractivity contribution in [1.82, 2.24) is 5.32 Å². The molecule has 0 aliphatic carbocycles. The summed E-state index contributed by atoms with van der Waals surface area (Å²) in [4.78, 5) is 10.4. The topological polar surface area (TPSA) is 38.3 Å². The van der Waals surface area contributed by atoms with E-state index in [1.807, 2.05) is 0 Å². The molecule has 0 aromatic carbocycles. The summed E-state index contributed by atoms with van der Waals surface area (Å²) in [5.41, 5.74) is 0. The fourth-order valence-electron chi connectivity index (χ4n) is 0.921. The van der Waals surface area contributed by atoms with Gasteiger partial charge in [-0.25, -0.2) is 0 Å². The van der Waals surface area contributed by atoms with Gasteiger partial charge in [0.25, 0.3) is 0 Å². The molecule has 1 aliphatic heterocycles. The second kappa shape index (κ2) is 3.56. The molecule has 58 valence electrons. The number of hydrogen-bond donors (Lipinski definition) is 1. The van der Waals surface area contributed by atoms with E-state index in [1.54, 1.807) is 0 Å². The highest BCUT2D eigenvalue weighted by Crippen LogP contribution is 2.13. The van der Waals surface area contributed by atoms with Gasteiger partial charge in [0.2, 0.25) is 5.91 Å². The van der Waals surface area contributed by atoms with Crippen LogP contribution in [0.2, 0.25) is 0 Å². The predicted molar refractivity (Wildman–Crippen MR) is 37.7 cm³/mol. The van der Waals surface area contributed by atoms with E-state index < -0.39 is 0 Å². The smallest absolute Gasteiger partial charge is 0.216 e. The number of carbonyl (C=O) groups is 1. The molecule has 1 atom stereocenters. The summed E-state index contributed by atoms with van der Waals surface area (Å²) in [6.07, 6.45) is 2.52. The van der Waals surface area contributed by atoms with Gasteiger partial charge in [-0.15, -0.1) is 0 Å². The minimum Gasteiger partial charge on any atom is -0.378 e. The van der Waals surface area contributed by atoms with Gasteiger partial charge >= 0.3 is 0 Å². The Morgan fingerprint density at radius 2 is 2.50 bits per heavy atom. The molecule has 1 rings (SSSR count). The molecule has 1 fully saturated rings. The van der Waals surface area contributed by atoms with E-state index in [-0.39, 0.29) is 5.91 Å². The molecule has 3 heteroatoms. The second-order valence-electron chi connectivity index (χ2n) is 2.55. The zero-order valence-electron chi connectivity index (χ0n) is 6.22. The normalized spacial score (nSPS) is 23.5. The average Bonchev–Trinajstić information content (AvgIpc) is 1.75. The summed E-state index contributed by atoms with van der Waals surface area (Å²) in [6, 6.07) is 0. The molecule has 10 heavy (non-hydrogen) atoms. The molecular formula is C7H13NO2. The van der Waals surface area contributed by atoms with E-state index in [2.05, 4.69) is 5.32 Å². The van der Waals surface area contributed by atoms with Gasteiger partial charge in [-0.05, 0) is 12.8 Å². The fraction of sp³-hybridized carbons (Fsp3) is 0.857. The van der Waals surface area contributed by atoms with Crippen LogP contribution in [0.4, 0.5) is 0 Å². The SMILES string of the molecule is CC(=O)NCCC1CCO1. The molecule has 1 saturated heterocycles. The first-order valence-corrected chi connectivity index (χ1v) is 3.65. The van der Waals surface area contributed by atoms with Gasteiger partial charge in [0, 0.05) is 20.1 Å². The van der Waals surface area contributed by atoms with Crippen LogP contribution >= 0.6 is 0 Å². The molecule has 0 bridgehead atoms. The summed E-state index contributed by atoms with van der Waals surface area (Å²) >= 11 is 0. The Morgan fingerprint density at radius 3 is 2.90 bits per heavy atom. The maximum atomic E-state index is 10.4. The fourth-order valence-corrected chi connectivity index (χ4v) is 0.921. The van der Waals surface area contributed by atoms with E-state index in [0.29, 0.717) is 6.10 Å². The van der Waals surface area contributed by atoms with Gasteiger partial charge in [0.15, 0.2) is 0 Å². The van der Waals surface area contributed by atoms with Crippen LogP contribution in [0.1, 0.15) is 19.8 Å². The number of carbonyl (C=O) groups excluding carboxylic acids is 1. The molecule has 1 aliphatic rings. The molecular weight excluding hydrogens is 130 g/mol. The Labute approximate surface area is 60.7 Å². The van der Waals surface area contributed by atoms with Crippen LogP contribution in [-0.2, 0) is 9.53 Å². The number of hydrogen-bond acceptors (Lipinski definition) is 2. The van der Waals surface area contributed by atoms with Crippen molar-refractivity contribution in [1.29, 1.82) is 0 Å². The standard InChI is InChI=1S/C7H13NO2/c1-6(9)8-4-2-7-3-5-10-7/h7H,2-5H2,1H3,(H,8,9). The van der Waals surface area contributed by atoms with Crippen LogP contribution in [-0.4, -0.2) is 25.2 Å². The van der Waals surface area contributed by atoms with Gasteiger partial charge in [-0.3, -0.25) is 4.79 Å². The first-order chi connectivity index (χ1) is 4.79. The van der Waals surface area contributed by atoms with E-state index in [0.717, 1.165) is 26.0 Å². The molecule has 3 nitrogen and oxygen atoms in total. The summed E-state index contributed by atoms with van der Waals surface area (Å²) in [5, 5.41) is 2.73. The van der Waals surface area contributed by atoms with Gasteiger partial charge in [0.05, 0.1) is 6.10 Å². The quantitative estimate of drug-likeness (QED) is 0.617. The van der Waals surface area contributed by atoms with E-state index in [9.17, 15) is 4.79 Å². The van der Waals surface area contributed by atoms with Crippen molar-refractivity contribution in [3.63, 3.8) is 0 Å². The van der Waals surface area contributed by atoms with Crippen molar-refractivity contribution in [2.24, 2.45) is 0 Å². The Balaban J connectivity index is 1.89. The molecule has 1 heterocycles. The maximum Gasteiger partial charge on any atom is 0.216 e. The lowest BCUT2D eigenvalue weighted by atomic mass is 10.1. The molecule has 0 spiro atoms. The molecule has 0 aromatic heterocycles. The molecule has 0 radical (unpaired) electrons. The van der Waals surface area contributed by atoms with Crippen molar-refractivity contribution in [2.75, 3.05) is 13.2 Å².